The molecular formula is C32H37N5O5. The van der Waals surface area contributed by atoms with Crippen LogP contribution in [0.25, 0.3) is 11.0 Å². The van der Waals surface area contributed by atoms with Crippen molar-refractivity contribution in [1.82, 2.24) is 20.1 Å². The quantitative estimate of drug-likeness (QED) is 0.258. The minimum Gasteiger partial charge on any atom is -0.497 e. The molecule has 0 saturated carbocycles. The average molecular weight is 572 g/mol. The number of piperidine rings is 1. The molecule has 0 unspecified atom stereocenters. The first-order chi connectivity index (χ1) is 20.1. The van der Waals surface area contributed by atoms with Gasteiger partial charge in [-0.3, -0.25) is 4.79 Å². The maximum atomic E-state index is 12.5. The number of Topliss-reactive ketones (excluding diaryl/α,β-unsaturated/α-hetero) is 1. The summed E-state index contributed by atoms with van der Waals surface area (Å²) in [5.74, 6) is 2.72. The Morgan fingerprint density at radius 1 is 1.02 bits per heavy atom. The van der Waals surface area contributed by atoms with Gasteiger partial charge in [-0.15, -0.1) is 0 Å². The third-order valence-corrected chi connectivity index (χ3v) is 7.00. The first-order valence-corrected chi connectivity index (χ1v) is 14.1. The van der Waals surface area contributed by atoms with Gasteiger partial charge < -0.3 is 24.4 Å². The molecule has 2 aromatic carbocycles. The smallest absolute Gasteiger partial charge is 0.407 e. The van der Waals surface area contributed by atoms with E-state index in [-0.39, 0.29) is 11.8 Å². The van der Waals surface area contributed by atoms with Crippen LogP contribution >= 0.6 is 0 Å². The van der Waals surface area contributed by atoms with Gasteiger partial charge in [-0.25, -0.2) is 14.5 Å². The second kappa shape index (κ2) is 12.1. The number of alkyl carbamates (subject to hydrolysis) is 1. The van der Waals surface area contributed by atoms with Gasteiger partial charge in [0.05, 0.1) is 13.7 Å². The molecule has 4 aromatic rings. The minimum absolute atomic E-state index is 0.00501. The molecule has 1 saturated heterocycles. The minimum atomic E-state index is -0.574. The number of anilines is 1. The summed E-state index contributed by atoms with van der Waals surface area (Å²) >= 11 is 0. The zero-order valence-electron chi connectivity index (χ0n) is 24.7. The maximum absolute atomic E-state index is 12.5. The number of aromatic nitrogens is 3. The number of rotatable bonds is 8. The molecule has 0 radical (unpaired) electrons. The van der Waals surface area contributed by atoms with Gasteiger partial charge in [0.1, 0.15) is 28.2 Å². The van der Waals surface area contributed by atoms with Gasteiger partial charge in [0.25, 0.3) is 0 Å². The lowest BCUT2D eigenvalue weighted by molar-refractivity contribution is 0.0499. The summed E-state index contributed by atoms with van der Waals surface area (Å²) in [7, 11) is 1.64. The summed E-state index contributed by atoms with van der Waals surface area (Å²) in [5.41, 5.74) is 1.77. The van der Waals surface area contributed by atoms with Crippen molar-refractivity contribution in [1.29, 1.82) is 0 Å². The molecule has 10 heteroatoms. The van der Waals surface area contributed by atoms with Crippen molar-refractivity contribution in [2.45, 2.75) is 58.7 Å². The van der Waals surface area contributed by atoms with Crippen molar-refractivity contribution in [3.63, 3.8) is 0 Å². The molecule has 1 aliphatic rings. The topological polar surface area (TPSA) is 108 Å². The van der Waals surface area contributed by atoms with Crippen molar-refractivity contribution in [2.75, 3.05) is 25.1 Å². The third kappa shape index (κ3) is 6.82. The summed E-state index contributed by atoms with van der Waals surface area (Å²) in [6.07, 6.45) is 2.99. The Morgan fingerprint density at radius 2 is 1.74 bits per heavy atom. The van der Waals surface area contributed by atoms with Gasteiger partial charge in [-0.1, -0.05) is 12.1 Å². The summed E-state index contributed by atoms with van der Waals surface area (Å²) in [5, 5.41) is 8.85. The van der Waals surface area contributed by atoms with Crippen LogP contribution in [0, 0.1) is 0 Å². The monoisotopic (exact) mass is 571 g/mol. The average Bonchev–Trinajstić information content (AvgIpc) is 3.32. The molecule has 3 heterocycles. The molecule has 0 aliphatic carbocycles. The molecule has 0 spiro atoms. The molecule has 1 fully saturated rings. The van der Waals surface area contributed by atoms with Crippen LogP contribution in [0.15, 0.2) is 60.8 Å². The molecule has 10 nitrogen and oxygen atoms in total. The summed E-state index contributed by atoms with van der Waals surface area (Å²) < 4.78 is 19.1. The van der Waals surface area contributed by atoms with Crippen LogP contribution in [-0.2, 0) is 11.3 Å². The Kier molecular flexibility index (Phi) is 8.33. The maximum Gasteiger partial charge on any atom is 0.407 e. The van der Waals surface area contributed by atoms with E-state index in [4.69, 9.17) is 24.3 Å². The van der Waals surface area contributed by atoms with Gasteiger partial charge >= 0.3 is 6.09 Å². The van der Waals surface area contributed by atoms with E-state index in [1.165, 1.54) is 6.92 Å². The van der Waals surface area contributed by atoms with Gasteiger partial charge in [-0.2, -0.15) is 5.10 Å². The zero-order valence-corrected chi connectivity index (χ0v) is 24.7. The number of amides is 1. The zero-order chi connectivity index (χ0) is 29.9. The third-order valence-electron chi connectivity index (χ3n) is 7.00. The van der Waals surface area contributed by atoms with E-state index in [2.05, 4.69) is 10.2 Å². The van der Waals surface area contributed by atoms with Crippen molar-refractivity contribution in [3.05, 3.63) is 71.9 Å². The molecule has 1 aliphatic heterocycles. The predicted molar refractivity (Wildman–Crippen MR) is 161 cm³/mol. The lowest BCUT2D eigenvalue weighted by Gasteiger charge is -2.34. The number of carbonyl (C=O) groups is 2. The van der Waals surface area contributed by atoms with Crippen LogP contribution in [0.3, 0.4) is 0 Å². The molecule has 42 heavy (non-hydrogen) atoms. The Morgan fingerprint density at radius 3 is 2.40 bits per heavy atom. The Hall–Kier alpha value is -4.60. The molecule has 1 N–H and O–H groups in total. The summed E-state index contributed by atoms with van der Waals surface area (Å²) in [6, 6.07) is 16.6. The SMILES string of the molecule is COc1ccc(Cn2nc(N3CCC[C@@H](NC(=O)OC(C)(C)C)C3)c3c(Oc4ccc(C(C)=O)cc4)ccnc32)cc1. The Labute approximate surface area is 245 Å². The summed E-state index contributed by atoms with van der Waals surface area (Å²) in [6.45, 7) is 8.92. The normalized spacial score (nSPS) is 15.4. The van der Waals surface area contributed by atoms with E-state index in [1.54, 1.807) is 37.6 Å². The van der Waals surface area contributed by atoms with Gasteiger partial charge in [-0.05, 0) is 82.5 Å². The fourth-order valence-electron chi connectivity index (χ4n) is 5.02. The first-order valence-electron chi connectivity index (χ1n) is 14.1. The highest BCUT2D eigenvalue weighted by Gasteiger charge is 2.29. The van der Waals surface area contributed by atoms with Crippen LogP contribution in [0.4, 0.5) is 10.6 Å². The van der Waals surface area contributed by atoms with Crippen LogP contribution in [0.2, 0.25) is 0 Å². The molecule has 0 bridgehead atoms. The van der Waals surface area contributed by atoms with E-state index in [0.29, 0.717) is 35.8 Å². The summed E-state index contributed by atoms with van der Waals surface area (Å²) in [4.78, 5) is 31.2. The van der Waals surface area contributed by atoms with Crippen LogP contribution in [0.1, 0.15) is 56.5 Å². The number of methoxy groups -OCH3 is 1. The number of hydrogen-bond donors (Lipinski definition) is 1. The number of ketones is 1. The number of ether oxygens (including phenoxy) is 3. The fourth-order valence-corrected chi connectivity index (χ4v) is 5.02. The van der Waals surface area contributed by atoms with Crippen molar-refractivity contribution in [3.8, 4) is 17.2 Å². The Balaban J connectivity index is 1.49. The largest absolute Gasteiger partial charge is 0.497 e. The highest BCUT2D eigenvalue weighted by atomic mass is 16.6. The van der Waals surface area contributed by atoms with E-state index >= 15 is 0 Å². The second-order valence-electron chi connectivity index (χ2n) is 11.5. The molecular weight excluding hydrogens is 534 g/mol. The van der Waals surface area contributed by atoms with Crippen LogP contribution in [-0.4, -0.2) is 58.5 Å². The van der Waals surface area contributed by atoms with Crippen LogP contribution in [0.5, 0.6) is 17.2 Å². The molecule has 1 atom stereocenters. The molecule has 1 amide bonds. The highest BCUT2D eigenvalue weighted by Crippen LogP contribution is 2.37. The van der Waals surface area contributed by atoms with Gasteiger partial charge in [0.2, 0.25) is 0 Å². The van der Waals surface area contributed by atoms with Crippen molar-refractivity contribution >= 4 is 28.7 Å². The van der Waals surface area contributed by atoms with Crippen molar-refractivity contribution < 1.29 is 23.8 Å². The lowest BCUT2D eigenvalue weighted by Crippen LogP contribution is -2.49. The lowest BCUT2D eigenvalue weighted by atomic mass is 10.1. The first kappa shape index (κ1) is 28.9. The number of pyridine rings is 1. The van der Waals surface area contributed by atoms with Gasteiger partial charge in [0, 0.05) is 37.0 Å². The fraction of sp³-hybridized carbons (Fsp3) is 0.375. The number of benzene rings is 2. The number of nitrogens with one attached hydrogen (secondary N) is 1. The number of hydrogen-bond acceptors (Lipinski definition) is 8. The van der Waals surface area contributed by atoms with Gasteiger partial charge in [0.15, 0.2) is 17.2 Å². The van der Waals surface area contributed by atoms with Crippen LogP contribution < -0.4 is 19.7 Å². The van der Waals surface area contributed by atoms with E-state index in [1.807, 2.05) is 55.8 Å². The molecule has 220 valence electrons. The standard InChI is InChI=1S/C32H37N5O5/c1-21(38)23-10-14-26(15-11-23)41-27-16-17-33-29-28(27)30(35-37(29)19-22-8-12-25(40-5)13-9-22)36-18-6-7-24(20-36)34-31(39)42-32(2,3)4/h8-17,24H,6-7,18-20H2,1-5H3,(H,34,39)/t24-/m1/s1. The molecule has 2 aromatic heterocycles. The molecule has 5 rings (SSSR count). The number of carbonyl (C=O) groups excluding carboxylic acids is 2. The highest BCUT2D eigenvalue weighted by molar-refractivity contribution is 5.95. The van der Waals surface area contributed by atoms with Crippen molar-refractivity contribution in [2.24, 2.45) is 0 Å². The van der Waals surface area contributed by atoms with E-state index in [9.17, 15) is 9.59 Å². The Bertz CT molecular complexity index is 1560. The van der Waals surface area contributed by atoms with E-state index in [0.717, 1.165) is 41.9 Å². The van der Waals surface area contributed by atoms with E-state index < -0.39 is 11.7 Å². The predicted octanol–water partition coefficient (Wildman–Crippen LogP) is 5.98. The number of nitrogens with zero attached hydrogens (tertiary/aromatic N) is 4. The second-order valence-corrected chi connectivity index (χ2v) is 11.5. The number of fused-ring (bicyclic) bond motifs is 1.